The van der Waals surface area contributed by atoms with Crippen LogP contribution in [0, 0.1) is 116 Å². The minimum atomic E-state index is -5.64. The van der Waals surface area contributed by atoms with Gasteiger partial charge in [-0.3, -0.25) is 0 Å². The fraction of sp³-hybridized carbons (Fsp3) is 0.0400. The van der Waals surface area contributed by atoms with Crippen molar-refractivity contribution in [3.8, 4) is 0 Å². The van der Waals surface area contributed by atoms with Crippen LogP contribution in [0.15, 0.2) is 0 Å². The van der Waals surface area contributed by atoms with Gasteiger partial charge in [0.2, 0.25) is 17.5 Å². The summed E-state index contributed by atoms with van der Waals surface area (Å²) < 4.78 is 292. The first-order valence-corrected chi connectivity index (χ1v) is 11.1. The van der Waals surface area contributed by atoms with E-state index in [0.29, 0.717) is 0 Å². The fourth-order valence-corrected chi connectivity index (χ4v) is 4.41. The number of hydrogen-bond donors (Lipinski definition) is 0. The summed E-state index contributed by atoms with van der Waals surface area (Å²) in [6.45, 7) is 0. The van der Waals surface area contributed by atoms with E-state index in [2.05, 4.69) is 0 Å². The zero-order valence-electron chi connectivity index (χ0n) is 20.6. The molecule has 0 N–H and O–H groups in total. The summed E-state index contributed by atoms with van der Waals surface area (Å²) in [5, 5.41) is -5.64. The molecule has 1 radical (unpaired) electrons. The first-order chi connectivity index (χ1) is 21.2. The maximum absolute atomic E-state index is 15.3. The van der Waals surface area contributed by atoms with Crippen LogP contribution in [0.2, 0.25) is 0 Å². The van der Waals surface area contributed by atoms with Crippen LogP contribution in [0.4, 0.5) is 87.8 Å². The van der Waals surface area contributed by atoms with Crippen molar-refractivity contribution in [2.75, 3.05) is 0 Å². The fourth-order valence-electron chi connectivity index (χ4n) is 4.41. The smallest absolute Gasteiger partial charge is 0.200 e. The molecule has 0 aliphatic heterocycles. The molecule has 0 nitrogen and oxygen atoms in total. The maximum atomic E-state index is 15.3. The van der Waals surface area contributed by atoms with Crippen LogP contribution in [-0.2, 0) is 5.31 Å². The van der Waals surface area contributed by atoms with E-state index < -0.39 is 151 Å². The van der Waals surface area contributed by atoms with Crippen LogP contribution in [0.5, 0.6) is 0 Å². The van der Waals surface area contributed by atoms with Crippen LogP contribution in [0.25, 0.3) is 0 Å². The number of hydrogen-bond acceptors (Lipinski definition) is 0. The highest BCUT2D eigenvalue weighted by Crippen LogP contribution is 2.48. The average Bonchev–Trinajstić information content (AvgIpc) is 3.02. The molecule has 0 fully saturated rings. The lowest BCUT2D eigenvalue weighted by Crippen LogP contribution is -2.50. The molecule has 0 aliphatic rings. The lowest BCUT2D eigenvalue weighted by Gasteiger charge is -2.37. The minimum Gasteiger partial charge on any atom is -0.204 e. The van der Waals surface area contributed by atoms with E-state index in [9.17, 15) is 61.5 Å². The van der Waals surface area contributed by atoms with Crippen molar-refractivity contribution >= 4 is 12.7 Å². The maximum Gasteiger partial charge on any atom is 0.200 e. The summed E-state index contributed by atoms with van der Waals surface area (Å²) in [7, 11) is -1.46. The Morgan fingerprint density at radius 1 is 0.217 bits per heavy atom. The highest BCUT2D eigenvalue weighted by Gasteiger charge is 2.55. The standard InChI is InChI=1S/C25BF20/c27-5-1(6(28)14(36)21(43)13(5)35)25(2-7(29)15(37)22(44)16(38)8(2)30,3-9(31)17(39)23(45)18(40)10(3)32)26-4-11(33)19(41)24(46)20(42)12(4)34. The van der Waals surface area contributed by atoms with Gasteiger partial charge >= 0.3 is 0 Å². The number of halogens is 20. The lowest BCUT2D eigenvalue weighted by molar-refractivity contribution is 0.339. The molecular formula is C25BF20. The first-order valence-electron chi connectivity index (χ1n) is 11.1. The summed E-state index contributed by atoms with van der Waals surface area (Å²) in [5.41, 5.74) is -13.2. The van der Waals surface area contributed by atoms with E-state index in [1.165, 1.54) is 0 Å². The van der Waals surface area contributed by atoms with Crippen molar-refractivity contribution in [1.29, 1.82) is 0 Å². The molecule has 0 saturated carbocycles. The average molecular weight is 691 g/mol. The quantitative estimate of drug-likeness (QED) is 0.0660. The Morgan fingerprint density at radius 2 is 0.370 bits per heavy atom. The van der Waals surface area contributed by atoms with Gasteiger partial charge in [-0.2, -0.15) is 0 Å². The van der Waals surface area contributed by atoms with Crippen molar-refractivity contribution in [3.05, 3.63) is 133 Å². The summed E-state index contributed by atoms with van der Waals surface area (Å²) >= 11 is 0. The SMILES string of the molecule is Fc1c(F)c(F)c([B]C(c2c(F)c(F)c(F)c(F)c2F)(c2c(F)c(F)c(F)c(F)c2F)c2c(F)c(F)c(F)c(F)c2F)c(F)c1F. The van der Waals surface area contributed by atoms with Crippen molar-refractivity contribution in [1.82, 2.24) is 0 Å². The Bertz CT molecular complexity index is 1700. The molecule has 0 spiro atoms. The molecule has 46 heavy (non-hydrogen) atoms. The summed E-state index contributed by atoms with van der Waals surface area (Å²) in [6.07, 6.45) is 0. The van der Waals surface area contributed by atoms with E-state index in [-0.39, 0.29) is 0 Å². The van der Waals surface area contributed by atoms with Gasteiger partial charge in [-0.25, -0.2) is 87.8 Å². The minimum absolute atomic E-state index is 1.46. The molecular weight excluding hydrogens is 691 g/mol. The molecule has 243 valence electrons. The van der Waals surface area contributed by atoms with E-state index in [4.69, 9.17) is 0 Å². The number of rotatable bonds is 5. The Hall–Kier alpha value is -4.46. The van der Waals surface area contributed by atoms with Gasteiger partial charge in [-0.1, -0.05) is 0 Å². The molecule has 0 aliphatic carbocycles. The second-order valence-electron chi connectivity index (χ2n) is 8.77. The molecule has 4 rings (SSSR count). The Kier molecular flexibility index (Phi) is 8.54. The van der Waals surface area contributed by atoms with Crippen LogP contribution >= 0.6 is 0 Å². The Balaban J connectivity index is 2.54. The normalized spacial score (nSPS) is 11.9. The lowest BCUT2D eigenvalue weighted by atomic mass is 9.40. The Morgan fingerprint density at radius 3 is 0.565 bits per heavy atom. The largest absolute Gasteiger partial charge is 0.204 e. The molecule has 0 aromatic heterocycles. The molecule has 0 atom stereocenters. The first kappa shape index (κ1) is 34.4. The number of benzene rings is 4. The van der Waals surface area contributed by atoms with Gasteiger partial charge in [0, 0.05) is 22.0 Å². The van der Waals surface area contributed by atoms with E-state index in [1.54, 1.807) is 0 Å². The molecule has 0 bridgehead atoms. The van der Waals surface area contributed by atoms with E-state index in [1.807, 2.05) is 0 Å². The third-order valence-corrected chi connectivity index (χ3v) is 6.42. The molecule has 0 unspecified atom stereocenters. The topological polar surface area (TPSA) is 0 Å². The van der Waals surface area contributed by atoms with Gasteiger partial charge in [-0.05, 0) is 5.46 Å². The zero-order chi connectivity index (χ0) is 35.1. The van der Waals surface area contributed by atoms with Gasteiger partial charge in [0.15, 0.2) is 106 Å². The molecule has 4 aromatic rings. The third kappa shape index (κ3) is 4.48. The van der Waals surface area contributed by atoms with Crippen molar-refractivity contribution < 1.29 is 87.8 Å². The zero-order valence-corrected chi connectivity index (χ0v) is 20.6. The van der Waals surface area contributed by atoms with Crippen LogP contribution in [0.3, 0.4) is 0 Å². The summed E-state index contributed by atoms with van der Waals surface area (Å²) in [6, 6.07) is 0. The van der Waals surface area contributed by atoms with Crippen LogP contribution < -0.4 is 5.46 Å². The molecule has 0 amide bonds. The van der Waals surface area contributed by atoms with Crippen molar-refractivity contribution in [2.45, 2.75) is 5.31 Å². The highest BCUT2D eigenvalue weighted by molar-refractivity contribution is 6.59. The van der Waals surface area contributed by atoms with Gasteiger partial charge in [0.05, 0.1) is 0 Å². The van der Waals surface area contributed by atoms with Gasteiger partial charge in [0.25, 0.3) is 0 Å². The van der Waals surface area contributed by atoms with Crippen molar-refractivity contribution in [3.63, 3.8) is 0 Å². The third-order valence-electron chi connectivity index (χ3n) is 6.42. The van der Waals surface area contributed by atoms with E-state index in [0.717, 1.165) is 0 Å². The van der Waals surface area contributed by atoms with Gasteiger partial charge in [0.1, 0.15) is 0 Å². The molecule has 4 aromatic carbocycles. The second kappa shape index (κ2) is 11.4. The van der Waals surface area contributed by atoms with Crippen LogP contribution in [0.1, 0.15) is 16.7 Å². The second-order valence-corrected chi connectivity index (χ2v) is 8.77. The molecule has 0 saturated heterocycles. The summed E-state index contributed by atoms with van der Waals surface area (Å²) in [5.74, 6) is -68.2. The van der Waals surface area contributed by atoms with Crippen LogP contribution in [-0.4, -0.2) is 7.28 Å². The monoisotopic (exact) mass is 691 g/mol. The Labute approximate surface area is 239 Å². The van der Waals surface area contributed by atoms with Crippen molar-refractivity contribution in [2.24, 2.45) is 0 Å². The highest BCUT2D eigenvalue weighted by atomic mass is 19.2. The molecule has 21 heteroatoms. The summed E-state index contributed by atoms with van der Waals surface area (Å²) in [4.78, 5) is 0. The molecule has 0 heterocycles. The predicted octanol–water partition coefficient (Wildman–Crippen LogP) is 7.79. The predicted molar refractivity (Wildman–Crippen MR) is 110 cm³/mol. The van der Waals surface area contributed by atoms with Gasteiger partial charge < -0.3 is 0 Å². The van der Waals surface area contributed by atoms with Gasteiger partial charge in [-0.15, -0.1) is 0 Å². The van der Waals surface area contributed by atoms with E-state index >= 15 is 26.3 Å².